The Kier molecular flexibility index (Phi) is 4.24. The van der Waals surface area contributed by atoms with Crippen LogP contribution in [0.3, 0.4) is 0 Å². The number of hydrogen-bond donors (Lipinski definition) is 1. The van der Waals surface area contributed by atoms with Crippen LogP contribution in [0.2, 0.25) is 0 Å². The van der Waals surface area contributed by atoms with Crippen molar-refractivity contribution in [3.63, 3.8) is 0 Å². The average molecular weight is 292 g/mol. The normalized spacial score (nSPS) is 25.5. The maximum absolute atomic E-state index is 12.1. The second kappa shape index (κ2) is 6.30. The molecule has 2 aliphatic rings. The molecule has 1 N–H and O–H groups in total. The third kappa shape index (κ3) is 3.44. The molecule has 0 unspecified atom stereocenters. The molecule has 2 fully saturated rings. The number of nitrogens with zero attached hydrogens (tertiary/aromatic N) is 1. The van der Waals surface area contributed by atoms with E-state index in [0.29, 0.717) is 19.6 Å². The molecule has 1 aromatic rings. The van der Waals surface area contributed by atoms with Gasteiger partial charge in [-0.05, 0) is 25.0 Å². The van der Waals surface area contributed by atoms with Crippen LogP contribution in [0.15, 0.2) is 22.8 Å². The zero-order chi connectivity index (χ0) is 14.7. The Morgan fingerprint density at radius 2 is 2.38 bits per heavy atom. The van der Waals surface area contributed by atoms with Crippen LogP contribution in [0.5, 0.6) is 0 Å². The third-order valence-electron chi connectivity index (χ3n) is 4.04. The molecule has 6 nitrogen and oxygen atoms in total. The summed E-state index contributed by atoms with van der Waals surface area (Å²) >= 11 is 0. The van der Waals surface area contributed by atoms with Crippen molar-refractivity contribution in [3.05, 3.63) is 24.2 Å². The molecule has 2 saturated heterocycles. The lowest BCUT2D eigenvalue weighted by molar-refractivity contribution is -0.129. The van der Waals surface area contributed by atoms with Gasteiger partial charge in [-0.1, -0.05) is 0 Å². The first kappa shape index (κ1) is 14.1. The lowest BCUT2D eigenvalue weighted by atomic mass is 10.1. The van der Waals surface area contributed by atoms with Gasteiger partial charge in [0.15, 0.2) is 0 Å². The predicted molar refractivity (Wildman–Crippen MR) is 74.2 cm³/mol. The lowest BCUT2D eigenvalue weighted by Crippen LogP contribution is -2.37. The van der Waals surface area contributed by atoms with Crippen LogP contribution in [0.1, 0.15) is 25.0 Å². The van der Waals surface area contributed by atoms with Crippen molar-refractivity contribution in [2.75, 3.05) is 19.7 Å². The van der Waals surface area contributed by atoms with E-state index in [-0.39, 0.29) is 30.3 Å². The number of rotatable bonds is 5. The van der Waals surface area contributed by atoms with Gasteiger partial charge in [-0.2, -0.15) is 0 Å². The van der Waals surface area contributed by atoms with Crippen molar-refractivity contribution < 1.29 is 18.7 Å². The summed E-state index contributed by atoms with van der Waals surface area (Å²) in [7, 11) is 0. The molecule has 1 aromatic heterocycles. The van der Waals surface area contributed by atoms with Crippen LogP contribution < -0.4 is 5.32 Å². The first-order valence-corrected chi connectivity index (χ1v) is 7.42. The summed E-state index contributed by atoms with van der Waals surface area (Å²) in [6.45, 7) is 2.21. The van der Waals surface area contributed by atoms with Crippen molar-refractivity contribution >= 4 is 11.8 Å². The number of carbonyl (C=O) groups is 2. The summed E-state index contributed by atoms with van der Waals surface area (Å²) in [5.41, 5.74) is 0. The number of ether oxygens (including phenoxy) is 1. The highest BCUT2D eigenvalue weighted by Crippen LogP contribution is 2.21. The summed E-state index contributed by atoms with van der Waals surface area (Å²) < 4.78 is 10.7. The van der Waals surface area contributed by atoms with E-state index in [1.54, 1.807) is 17.2 Å². The molecule has 0 aliphatic carbocycles. The Morgan fingerprint density at radius 1 is 1.48 bits per heavy atom. The topological polar surface area (TPSA) is 71.8 Å². The van der Waals surface area contributed by atoms with Crippen molar-refractivity contribution in [2.45, 2.75) is 31.9 Å². The van der Waals surface area contributed by atoms with Crippen LogP contribution in [0, 0.1) is 5.92 Å². The molecule has 0 radical (unpaired) electrons. The van der Waals surface area contributed by atoms with Gasteiger partial charge in [0.1, 0.15) is 5.76 Å². The molecular weight excluding hydrogens is 272 g/mol. The van der Waals surface area contributed by atoms with E-state index in [9.17, 15) is 9.59 Å². The summed E-state index contributed by atoms with van der Waals surface area (Å²) in [6, 6.07) is 3.62. The van der Waals surface area contributed by atoms with Crippen molar-refractivity contribution in [3.8, 4) is 0 Å². The Bertz CT molecular complexity index is 494. The van der Waals surface area contributed by atoms with Crippen LogP contribution in [-0.4, -0.2) is 42.5 Å². The van der Waals surface area contributed by atoms with Crippen LogP contribution >= 0.6 is 0 Å². The molecule has 0 spiro atoms. The minimum atomic E-state index is -0.270. The SMILES string of the molecule is O=C(NC[C@@H]1CCCO1)[C@H]1CC(=O)N(Cc2ccco2)C1. The smallest absolute Gasteiger partial charge is 0.225 e. The molecule has 3 heterocycles. The van der Waals surface area contributed by atoms with E-state index in [4.69, 9.17) is 9.15 Å². The second-order valence-electron chi connectivity index (χ2n) is 5.63. The van der Waals surface area contributed by atoms with Crippen LogP contribution in [-0.2, 0) is 20.9 Å². The van der Waals surface area contributed by atoms with E-state index >= 15 is 0 Å². The van der Waals surface area contributed by atoms with Crippen molar-refractivity contribution in [2.24, 2.45) is 5.92 Å². The Labute approximate surface area is 123 Å². The Hall–Kier alpha value is -1.82. The van der Waals surface area contributed by atoms with Crippen LogP contribution in [0.4, 0.5) is 0 Å². The lowest BCUT2D eigenvalue weighted by Gasteiger charge is -2.16. The minimum absolute atomic E-state index is 0.00339. The van der Waals surface area contributed by atoms with Gasteiger partial charge < -0.3 is 19.4 Å². The number of carbonyl (C=O) groups excluding carboxylic acids is 2. The monoisotopic (exact) mass is 292 g/mol. The molecule has 2 aliphatic heterocycles. The summed E-state index contributed by atoms with van der Waals surface area (Å²) in [6.07, 6.45) is 4.04. The van der Waals surface area contributed by atoms with Gasteiger partial charge in [0, 0.05) is 26.1 Å². The molecule has 2 atom stereocenters. The third-order valence-corrected chi connectivity index (χ3v) is 4.04. The van der Waals surface area contributed by atoms with Gasteiger partial charge >= 0.3 is 0 Å². The highest BCUT2D eigenvalue weighted by molar-refractivity contribution is 5.89. The highest BCUT2D eigenvalue weighted by Gasteiger charge is 2.34. The zero-order valence-corrected chi connectivity index (χ0v) is 11.9. The summed E-state index contributed by atoms with van der Waals surface area (Å²) in [4.78, 5) is 25.8. The summed E-state index contributed by atoms with van der Waals surface area (Å²) in [5.74, 6) is 0.419. The molecular formula is C15H20N2O4. The quantitative estimate of drug-likeness (QED) is 0.876. The highest BCUT2D eigenvalue weighted by atomic mass is 16.5. The fourth-order valence-corrected chi connectivity index (χ4v) is 2.86. The fourth-order valence-electron chi connectivity index (χ4n) is 2.86. The van der Waals surface area contributed by atoms with Crippen molar-refractivity contribution in [1.29, 1.82) is 0 Å². The zero-order valence-electron chi connectivity index (χ0n) is 11.9. The average Bonchev–Trinajstić information content (AvgIpc) is 3.20. The van der Waals surface area contributed by atoms with Gasteiger partial charge in [0.2, 0.25) is 11.8 Å². The maximum Gasteiger partial charge on any atom is 0.225 e. The molecule has 2 amide bonds. The standard InChI is InChI=1S/C15H20N2O4/c18-14-7-11(9-17(14)10-13-4-2-6-21-13)15(19)16-8-12-3-1-5-20-12/h2,4,6,11-12H,1,3,5,7-10H2,(H,16,19)/t11-,12-/m0/s1. The number of likely N-dealkylation sites (tertiary alicyclic amines) is 1. The number of nitrogens with one attached hydrogen (secondary N) is 1. The number of hydrogen-bond acceptors (Lipinski definition) is 4. The van der Waals surface area contributed by atoms with Gasteiger partial charge in [-0.25, -0.2) is 0 Å². The fraction of sp³-hybridized carbons (Fsp3) is 0.600. The Morgan fingerprint density at radius 3 is 3.10 bits per heavy atom. The molecule has 21 heavy (non-hydrogen) atoms. The Balaban J connectivity index is 1.47. The van der Waals surface area contributed by atoms with Gasteiger partial charge in [0.25, 0.3) is 0 Å². The number of amides is 2. The first-order valence-electron chi connectivity index (χ1n) is 7.42. The van der Waals surface area contributed by atoms with Crippen molar-refractivity contribution in [1.82, 2.24) is 10.2 Å². The van der Waals surface area contributed by atoms with Gasteiger partial charge in [-0.15, -0.1) is 0 Å². The first-order chi connectivity index (χ1) is 10.2. The molecule has 0 aromatic carbocycles. The molecule has 0 saturated carbocycles. The summed E-state index contributed by atoms with van der Waals surface area (Å²) in [5, 5.41) is 2.90. The van der Waals surface area contributed by atoms with E-state index in [2.05, 4.69) is 5.32 Å². The van der Waals surface area contributed by atoms with E-state index in [0.717, 1.165) is 25.2 Å². The molecule has 3 rings (SSSR count). The van der Waals surface area contributed by atoms with E-state index < -0.39 is 0 Å². The van der Waals surface area contributed by atoms with E-state index in [1.165, 1.54) is 0 Å². The van der Waals surface area contributed by atoms with E-state index in [1.807, 2.05) is 6.07 Å². The van der Waals surface area contributed by atoms with Gasteiger partial charge in [-0.3, -0.25) is 9.59 Å². The largest absolute Gasteiger partial charge is 0.467 e. The molecule has 6 heteroatoms. The van der Waals surface area contributed by atoms with Gasteiger partial charge in [0.05, 0.1) is 24.8 Å². The predicted octanol–water partition coefficient (Wildman–Crippen LogP) is 0.923. The second-order valence-corrected chi connectivity index (χ2v) is 5.63. The number of furan rings is 1. The maximum atomic E-state index is 12.1. The molecule has 0 bridgehead atoms. The molecule has 114 valence electrons. The minimum Gasteiger partial charge on any atom is -0.467 e. The van der Waals surface area contributed by atoms with Crippen LogP contribution in [0.25, 0.3) is 0 Å².